The quantitative estimate of drug-likeness (QED) is 0.717. The molecule has 29 heavy (non-hydrogen) atoms. The molecule has 164 valence electrons. The molecule has 2 N–H and O–H groups in total. The van der Waals surface area contributed by atoms with Gasteiger partial charge in [-0.2, -0.15) is 0 Å². The Balaban J connectivity index is 0.00000210. The number of carbonyl (C=O) groups is 2. The topological polar surface area (TPSA) is 73.9 Å². The van der Waals surface area contributed by atoms with Crippen LogP contribution in [-0.2, 0) is 20.7 Å². The lowest BCUT2D eigenvalue weighted by atomic mass is 9.91. The summed E-state index contributed by atoms with van der Waals surface area (Å²) in [5.74, 6) is 0.0562. The van der Waals surface area contributed by atoms with Crippen LogP contribution in [0.4, 0.5) is 5.69 Å². The first kappa shape index (κ1) is 25.7. The predicted molar refractivity (Wildman–Crippen MR) is 119 cm³/mol. The molecule has 2 amide bonds. The molecule has 0 aliphatic carbocycles. The van der Waals surface area contributed by atoms with E-state index in [0.29, 0.717) is 19.3 Å². The van der Waals surface area contributed by atoms with Crippen LogP contribution in [-0.4, -0.2) is 80.6 Å². The number of piperidine rings is 1. The number of likely N-dealkylation sites (N-methyl/N-ethyl adjacent to an activating group) is 1. The Morgan fingerprint density at radius 2 is 1.66 bits per heavy atom. The second-order valence-electron chi connectivity index (χ2n) is 7.46. The number of halogens is 2. The van der Waals surface area contributed by atoms with Crippen LogP contribution in [0.1, 0.15) is 18.4 Å². The van der Waals surface area contributed by atoms with Crippen molar-refractivity contribution in [1.29, 1.82) is 0 Å². The number of nitrogens with zero attached hydrogens (tertiary/aromatic N) is 2. The molecule has 0 saturated carbocycles. The summed E-state index contributed by atoms with van der Waals surface area (Å²) < 4.78 is 5.56. The summed E-state index contributed by atoms with van der Waals surface area (Å²) in [5, 5.41) is 6.21. The molecule has 0 unspecified atom stereocenters. The molecule has 9 heteroatoms. The van der Waals surface area contributed by atoms with Crippen LogP contribution in [0, 0.1) is 0 Å². The highest BCUT2D eigenvalue weighted by Crippen LogP contribution is 2.24. The van der Waals surface area contributed by atoms with Crippen molar-refractivity contribution in [2.45, 2.75) is 24.9 Å². The fourth-order valence-electron chi connectivity index (χ4n) is 3.65. The Labute approximate surface area is 185 Å². The van der Waals surface area contributed by atoms with E-state index in [0.717, 1.165) is 50.5 Å². The first-order chi connectivity index (χ1) is 13.0. The number of hydrogen-bond acceptors (Lipinski definition) is 5. The van der Waals surface area contributed by atoms with E-state index in [1.165, 1.54) is 0 Å². The molecule has 2 aliphatic rings. The normalized spacial score (nSPS) is 18.9. The number of piperazine rings is 1. The summed E-state index contributed by atoms with van der Waals surface area (Å²) in [7, 11) is 3.67. The average Bonchev–Trinajstić information content (AvgIpc) is 2.70. The molecule has 0 radical (unpaired) electrons. The van der Waals surface area contributed by atoms with Gasteiger partial charge in [0.2, 0.25) is 5.91 Å². The lowest BCUT2D eigenvalue weighted by Crippen LogP contribution is -2.51. The maximum Gasteiger partial charge on any atom is 0.256 e. The van der Waals surface area contributed by atoms with Gasteiger partial charge in [0, 0.05) is 39.0 Å². The minimum Gasteiger partial charge on any atom is -0.368 e. The zero-order valence-corrected chi connectivity index (χ0v) is 18.7. The number of carbonyl (C=O) groups excluding carboxylic acids is 2. The number of methoxy groups -OCH3 is 1. The maximum absolute atomic E-state index is 12.7. The van der Waals surface area contributed by atoms with Crippen LogP contribution in [0.25, 0.3) is 0 Å². The van der Waals surface area contributed by atoms with Gasteiger partial charge in [0.1, 0.15) is 5.60 Å². The molecule has 0 spiro atoms. The van der Waals surface area contributed by atoms with Crippen molar-refractivity contribution < 1.29 is 14.3 Å². The zero-order valence-electron chi connectivity index (χ0n) is 17.1. The number of ether oxygens (including phenoxy) is 1. The Kier molecular flexibility index (Phi) is 10.4. The van der Waals surface area contributed by atoms with E-state index in [4.69, 9.17) is 4.74 Å². The molecule has 7 nitrogen and oxygen atoms in total. The van der Waals surface area contributed by atoms with Gasteiger partial charge >= 0.3 is 0 Å². The number of nitrogens with one attached hydrogen (secondary N) is 2. The smallest absolute Gasteiger partial charge is 0.256 e. The van der Waals surface area contributed by atoms with Gasteiger partial charge in [-0.05, 0) is 50.7 Å². The Hall–Kier alpha value is -1.38. The van der Waals surface area contributed by atoms with Crippen LogP contribution in [0.3, 0.4) is 0 Å². The third kappa shape index (κ3) is 6.55. The fraction of sp³-hybridized carbons (Fsp3) is 0.600. The van der Waals surface area contributed by atoms with Crippen LogP contribution >= 0.6 is 24.8 Å². The van der Waals surface area contributed by atoms with Gasteiger partial charge in [-0.3, -0.25) is 9.59 Å². The summed E-state index contributed by atoms with van der Waals surface area (Å²) >= 11 is 0. The standard InChI is InChI=1S/C20H30N4O3.2ClH/c1-23-11-13-24(14-12-23)18(25)15-16-3-5-17(6-4-16)22-19(26)20(27-2)7-9-21-10-8-20;;/h3-6,21H,7-15H2,1-2H3,(H,22,26);2*1H. The van der Waals surface area contributed by atoms with Crippen molar-refractivity contribution >= 4 is 42.3 Å². The van der Waals surface area contributed by atoms with Crippen LogP contribution in [0.5, 0.6) is 0 Å². The summed E-state index contributed by atoms with van der Waals surface area (Å²) in [6, 6.07) is 7.53. The number of rotatable bonds is 5. The molecule has 0 bridgehead atoms. The van der Waals surface area contributed by atoms with Gasteiger partial charge in [-0.15, -0.1) is 24.8 Å². The van der Waals surface area contributed by atoms with Crippen molar-refractivity contribution in [3.8, 4) is 0 Å². The van der Waals surface area contributed by atoms with E-state index in [1.54, 1.807) is 7.11 Å². The van der Waals surface area contributed by atoms with E-state index in [-0.39, 0.29) is 36.6 Å². The second-order valence-corrected chi connectivity index (χ2v) is 7.46. The SMILES string of the molecule is COC1(C(=O)Nc2ccc(CC(=O)N3CCN(C)CC3)cc2)CCNCC1.Cl.Cl. The van der Waals surface area contributed by atoms with E-state index < -0.39 is 5.60 Å². The lowest BCUT2D eigenvalue weighted by Gasteiger charge is -2.34. The molecular formula is C20H32Cl2N4O3. The monoisotopic (exact) mass is 446 g/mol. The number of hydrogen-bond donors (Lipinski definition) is 2. The molecule has 1 aromatic rings. The summed E-state index contributed by atoms with van der Waals surface area (Å²) in [5.41, 5.74) is 0.924. The maximum atomic E-state index is 12.7. The van der Waals surface area contributed by atoms with E-state index in [9.17, 15) is 9.59 Å². The molecule has 2 heterocycles. The Bertz CT molecular complexity index is 658. The molecule has 0 aromatic heterocycles. The molecular weight excluding hydrogens is 415 g/mol. The van der Waals surface area contributed by atoms with Gasteiger partial charge in [0.25, 0.3) is 5.91 Å². The van der Waals surface area contributed by atoms with Crippen LogP contribution in [0.2, 0.25) is 0 Å². The highest BCUT2D eigenvalue weighted by molar-refractivity contribution is 5.97. The van der Waals surface area contributed by atoms with Crippen molar-refractivity contribution in [2.24, 2.45) is 0 Å². The van der Waals surface area contributed by atoms with Crippen molar-refractivity contribution in [3.63, 3.8) is 0 Å². The molecule has 0 atom stereocenters. The van der Waals surface area contributed by atoms with Crippen LogP contribution < -0.4 is 10.6 Å². The van der Waals surface area contributed by atoms with Gasteiger partial charge in [0.15, 0.2) is 0 Å². The molecule has 2 saturated heterocycles. The van der Waals surface area contributed by atoms with Crippen molar-refractivity contribution in [1.82, 2.24) is 15.1 Å². The summed E-state index contributed by atoms with van der Waals surface area (Å²) in [4.78, 5) is 29.3. The highest BCUT2D eigenvalue weighted by Gasteiger charge is 2.39. The largest absolute Gasteiger partial charge is 0.368 e. The molecule has 1 aromatic carbocycles. The van der Waals surface area contributed by atoms with Gasteiger partial charge in [-0.25, -0.2) is 0 Å². The minimum atomic E-state index is -0.763. The van der Waals surface area contributed by atoms with E-state index in [1.807, 2.05) is 29.2 Å². The number of benzene rings is 1. The summed E-state index contributed by atoms with van der Waals surface area (Å²) in [6.45, 7) is 4.97. The van der Waals surface area contributed by atoms with E-state index in [2.05, 4.69) is 22.6 Å². The lowest BCUT2D eigenvalue weighted by molar-refractivity contribution is -0.140. The van der Waals surface area contributed by atoms with Crippen molar-refractivity contribution in [3.05, 3.63) is 29.8 Å². The third-order valence-electron chi connectivity index (χ3n) is 5.64. The number of amides is 2. The first-order valence-electron chi connectivity index (χ1n) is 9.65. The highest BCUT2D eigenvalue weighted by atomic mass is 35.5. The van der Waals surface area contributed by atoms with Gasteiger partial charge < -0.3 is 25.2 Å². The average molecular weight is 447 g/mol. The predicted octanol–water partition coefficient (Wildman–Crippen LogP) is 1.55. The van der Waals surface area contributed by atoms with E-state index >= 15 is 0 Å². The van der Waals surface area contributed by atoms with Crippen LogP contribution in [0.15, 0.2) is 24.3 Å². The Morgan fingerprint density at radius 3 is 2.21 bits per heavy atom. The van der Waals surface area contributed by atoms with Crippen molar-refractivity contribution in [2.75, 3.05) is 58.7 Å². The first-order valence-corrected chi connectivity index (χ1v) is 9.65. The van der Waals surface area contributed by atoms with Gasteiger partial charge in [-0.1, -0.05) is 12.1 Å². The Morgan fingerprint density at radius 1 is 1.07 bits per heavy atom. The minimum absolute atomic E-state index is 0. The molecule has 2 fully saturated rings. The molecule has 3 rings (SSSR count). The molecule has 2 aliphatic heterocycles. The third-order valence-corrected chi connectivity index (χ3v) is 5.64. The zero-order chi connectivity index (χ0) is 19.3. The second kappa shape index (κ2) is 11.7. The van der Waals surface area contributed by atoms with Gasteiger partial charge in [0.05, 0.1) is 6.42 Å². The number of anilines is 1. The summed E-state index contributed by atoms with van der Waals surface area (Å²) in [6.07, 6.45) is 1.71. The fourth-order valence-corrected chi connectivity index (χ4v) is 3.65.